The van der Waals surface area contributed by atoms with Crippen molar-refractivity contribution in [2.24, 2.45) is 0 Å². The number of nitrogens with zero attached hydrogens (tertiary/aromatic N) is 2. The number of H-pyrrole nitrogens is 1. The van der Waals surface area contributed by atoms with Crippen LogP contribution in [0.5, 0.6) is 5.75 Å². The molecule has 0 spiro atoms. The minimum Gasteiger partial charge on any atom is -0.506 e. The average Bonchev–Trinajstić information content (AvgIpc) is 3.93. The van der Waals surface area contributed by atoms with Gasteiger partial charge in [0.1, 0.15) is 5.75 Å². The van der Waals surface area contributed by atoms with Gasteiger partial charge in [0, 0.05) is 37.1 Å². The van der Waals surface area contributed by atoms with Crippen LogP contribution in [0.2, 0.25) is 0 Å². The highest BCUT2D eigenvalue weighted by Crippen LogP contribution is 2.44. The van der Waals surface area contributed by atoms with E-state index in [4.69, 9.17) is 4.42 Å². The first-order chi connectivity index (χ1) is 25.5. The second-order valence-corrected chi connectivity index (χ2v) is 15.7. The summed E-state index contributed by atoms with van der Waals surface area (Å²) in [5, 5.41) is 50.0. The van der Waals surface area contributed by atoms with Gasteiger partial charge in [0.25, 0.3) is 0 Å². The molecule has 1 aliphatic carbocycles. The highest BCUT2D eigenvalue weighted by atomic mass is 32.1. The van der Waals surface area contributed by atoms with Gasteiger partial charge in [0.2, 0.25) is 11.2 Å². The molecular formula is C39H42N4O8S2. The Morgan fingerprint density at radius 2 is 1.89 bits per heavy atom. The molecule has 0 bridgehead atoms. The van der Waals surface area contributed by atoms with Gasteiger partial charge in [-0.3, -0.25) is 9.36 Å². The van der Waals surface area contributed by atoms with Crippen LogP contribution in [0, 0.1) is 0 Å². The van der Waals surface area contributed by atoms with E-state index in [0.29, 0.717) is 45.4 Å². The van der Waals surface area contributed by atoms with E-state index in [9.17, 15) is 34.8 Å². The fourth-order valence-electron chi connectivity index (χ4n) is 7.67. The monoisotopic (exact) mass is 758 g/mol. The number of thiophene rings is 2. The summed E-state index contributed by atoms with van der Waals surface area (Å²) in [7, 11) is 2.11. The van der Waals surface area contributed by atoms with Crippen molar-refractivity contribution in [3.63, 3.8) is 0 Å². The lowest BCUT2D eigenvalue weighted by Gasteiger charge is -2.35. The third-order valence-electron chi connectivity index (χ3n) is 10.5. The lowest BCUT2D eigenvalue weighted by molar-refractivity contribution is -0.154. The number of carbonyl (C=O) groups is 1. The van der Waals surface area contributed by atoms with Crippen LogP contribution in [0.1, 0.15) is 70.6 Å². The summed E-state index contributed by atoms with van der Waals surface area (Å²) in [6, 6.07) is 17.4. The smallest absolute Gasteiger partial charge is 0.419 e. The van der Waals surface area contributed by atoms with Crippen LogP contribution in [0.4, 0.5) is 0 Å². The van der Waals surface area contributed by atoms with Crippen molar-refractivity contribution >= 4 is 50.6 Å². The summed E-state index contributed by atoms with van der Waals surface area (Å²) in [6.45, 7) is 1.95. The zero-order chi connectivity index (χ0) is 37.3. The van der Waals surface area contributed by atoms with Crippen molar-refractivity contribution in [2.75, 3.05) is 20.1 Å². The number of hydrogen-bond acceptors (Lipinski definition) is 11. The van der Waals surface area contributed by atoms with Gasteiger partial charge in [-0.1, -0.05) is 18.2 Å². The van der Waals surface area contributed by atoms with Gasteiger partial charge in [0.05, 0.1) is 26.9 Å². The average molecular weight is 759 g/mol. The van der Waals surface area contributed by atoms with E-state index in [1.807, 2.05) is 29.6 Å². The second kappa shape index (κ2) is 15.4. The Labute approximate surface area is 312 Å². The van der Waals surface area contributed by atoms with Crippen LogP contribution >= 0.6 is 22.7 Å². The topological polar surface area (TPSA) is 181 Å². The molecule has 4 aromatic heterocycles. The number of fused-ring (bicyclic) bond motifs is 2. The fraction of sp³-hybridized carbons (Fsp3) is 0.359. The van der Waals surface area contributed by atoms with Crippen molar-refractivity contribution in [1.29, 1.82) is 0 Å². The van der Waals surface area contributed by atoms with Crippen LogP contribution in [0.25, 0.3) is 22.0 Å². The number of aliphatic hydroxyl groups is 2. The second-order valence-electron chi connectivity index (χ2n) is 13.8. The summed E-state index contributed by atoms with van der Waals surface area (Å²) in [4.78, 5) is 42.8. The van der Waals surface area contributed by atoms with E-state index in [2.05, 4.69) is 22.2 Å². The molecule has 278 valence electrons. The van der Waals surface area contributed by atoms with Crippen molar-refractivity contribution in [1.82, 2.24) is 19.8 Å². The minimum atomic E-state index is -2.04. The molecular weight excluding hydrogens is 717 g/mol. The largest absolute Gasteiger partial charge is 0.506 e. The molecule has 53 heavy (non-hydrogen) atoms. The third-order valence-corrected chi connectivity index (χ3v) is 12.5. The van der Waals surface area contributed by atoms with Gasteiger partial charge in [-0.25, -0.2) is 9.59 Å². The summed E-state index contributed by atoms with van der Waals surface area (Å²) in [6.07, 6.45) is 3.57. The number of benzene rings is 2. The predicted molar refractivity (Wildman–Crippen MR) is 205 cm³/mol. The first-order valence-electron chi connectivity index (χ1n) is 17.7. The number of aromatic amines is 1. The fourth-order valence-corrected chi connectivity index (χ4v) is 9.64. The molecule has 6 aromatic rings. The maximum Gasteiger partial charge on any atom is 0.419 e. The van der Waals surface area contributed by atoms with Gasteiger partial charge in [-0.05, 0) is 115 Å². The quantitative estimate of drug-likeness (QED) is 0.0836. The van der Waals surface area contributed by atoms with Gasteiger partial charge >= 0.3 is 11.7 Å². The van der Waals surface area contributed by atoms with Crippen LogP contribution < -0.4 is 16.6 Å². The summed E-state index contributed by atoms with van der Waals surface area (Å²) < 4.78 is 7.27. The number of pyridine rings is 1. The molecule has 1 fully saturated rings. The molecule has 0 aliphatic heterocycles. The van der Waals surface area contributed by atoms with E-state index in [1.165, 1.54) is 34.8 Å². The Morgan fingerprint density at radius 3 is 2.64 bits per heavy atom. The summed E-state index contributed by atoms with van der Waals surface area (Å²) in [5.41, 5.74) is 1.51. The molecule has 14 heteroatoms. The molecule has 2 aromatic carbocycles. The summed E-state index contributed by atoms with van der Waals surface area (Å²) in [5.74, 6) is -1.55. The number of aliphatic hydroxyl groups excluding tert-OH is 1. The van der Waals surface area contributed by atoms with Crippen LogP contribution in [-0.4, -0.2) is 67.0 Å². The van der Waals surface area contributed by atoms with E-state index in [1.54, 1.807) is 34.2 Å². The van der Waals surface area contributed by atoms with Gasteiger partial charge < -0.3 is 40.0 Å². The van der Waals surface area contributed by atoms with Crippen molar-refractivity contribution < 1.29 is 29.6 Å². The zero-order valence-corrected chi connectivity index (χ0v) is 30.8. The SMILES string of the molecule is CN(CCCn1c(=O)oc2cc(CNC[C@H](O)c3ccc(O)c4[nH]c(=O)ccc34)ccc21)C1CCC(c2ccsc2C(O)(C(=O)O)c2cccs2)CC1. The van der Waals surface area contributed by atoms with E-state index in [-0.39, 0.29) is 29.3 Å². The number of aromatic hydroxyl groups is 1. The molecule has 1 saturated carbocycles. The molecule has 4 heterocycles. The molecule has 1 unspecified atom stereocenters. The lowest BCUT2D eigenvalue weighted by atomic mass is 9.79. The molecule has 6 N–H and O–H groups in total. The number of phenols is 1. The number of rotatable bonds is 14. The minimum absolute atomic E-state index is 0.0653. The number of oxazole rings is 1. The van der Waals surface area contributed by atoms with E-state index < -0.39 is 23.4 Å². The Kier molecular flexibility index (Phi) is 10.7. The van der Waals surface area contributed by atoms with E-state index in [0.717, 1.165) is 55.3 Å². The highest BCUT2D eigenvalue weighted by molar-refractivity contribution is 7.12. The molecule has 0 radical (unpaired) electrons. The number of nitrogens with one attached hydrogen (secondary N) is 2. The van der Waals surface area contributed by atoms with Gasteiger partial charge in [-0.15, -0.1) is 22.7 Å². The van der Waals surface area contributed by atoms with E-state index >= 15 is 0 Å². The maximum atomic E-state index is 12.8. The van der Waals surface area contributed by atoms with Gasteiger partial charge in [0.15, 0.2) is 5.58 Å². The number of aromatic nitrogens is 2. The maximum absolute atomic E-state index is 12.8. The number of carboxylic acid groups (broad SMARTS) is 1. The zero-order valence-electron chi connectivity index (χ0n) is 29.2. The van der Waals surface area contributed by atoms with Crippen LogP contribution in [0.15, 0.2) is 85.4 Å². The van der Waals surface area contributed by atoms with Crippen molar-refractivity contribution in [3.05, 3.63) is 119 Å². The number of hydrogen-bond donors (Lipinski definition) is 6. The molecule has 1 aliphatic rings. The number of carboxylic acids is 1. The van der Waals surface area contributed by atoms with Crippen LogP contribution in [0.3, 0.4) is 0 Å². The standard InChI is InChI=1S/C39H42N4O8S2/c1-42(25-8-6-24(7-9-25)26-15-19-53-36(26)39(50,37(47)48)33-4-2-18-52-33)16-3-17-43-29-12-5-23(20-32(29)51-38(43)49)21-40-22-31(45)27-10-13-30(44)35-28(27)11-14-34(46)41-35/h2,4-5,10-15,18-20,24-25,31,40,44-45,50H,3,6-9,16-17,21-22H2,1H3,(H,41,46)(H,47,48)/t24?,25?,31-,39?/m0/s1. The Balaban J connectivity index is 0.909. The number of aryl methyl sites for hydroxylation is 1. The first-order valence-corrected chi connectivity index (χ1v) is 19.4. The molecule has 7 rings (SSSR count). The van der Waals surface area contributed by atoms with Crippen molar-refractivity contribution in [2.45, 2.75) is 68.9 Å². The Hall–Kier alpha value is -4.57. The Morgan fingerprint density at radius 1 is 1.08 bits per heavy atom. The first kappa shape index (κ1) is 36.8. The Bertz CT molecular complexity index is 2340. The number of phenolic OH excluding ortho intramolecular Hbond substituents is 1. The van der Waals surface area contributed by atoms with Crippen LogP contribution in [-0.2, 0) is 23.5 Å². The van der Waals surface area contributed by atoms with Crippen molar-refractivity contribution in [3.8, 4) is 5.75 Å². The molecule has 12 nitrogen and oxygen atoms in total. The predicted octanol–water partition coefficient (Wildman–Crippen LogP) is 5.46. The normalized spacial score (nSPS) is 18.1. The lowest BCUT2D eigenvalue weighted by Crippen LogP contribution is -2.38. The highest BCUT2D eigenvalue weighted by Gasteiger charge is 2.45. The molecule has 0 saturated heterocycles. The third kappa shape index (κ3) is 7.35. The number of aliphatic carboxylic acids is 1. The molecule has 2 atom stereocenters. The summed E-state index contributed by atoms with van der Waals surface area (Å²) >= 11 is 2.55. The molecule has 0 amide bonds. The van der Waals surface area contributed by atoms with Gasteiger partial charge in [-0.2, -0.15) is 0 Å².